The maximum absolute atomic E-state index is 5.84. The van der Waals surface area contributed by atoms with Gasteiger partial charge in [-0.1, -0.05) is 251 Å². The van der Waals surface area contributed by atoms with Crippen LogP contribution in [0.5, 0.6) is 0 Å². The van der Waals surface area contributed by atoms with Gasteiger partial charge in [0.15, 0.2) is 17.5 Å². The van der Waals surface area contributed by atoms with Crippen molar-refractivity contribution >= 4 is 78.8 Å². The van der Waals surface area contributed by atoms with E-state index in [1.54, 1.807) is 0 Å². The summed E-state index contributed by atoms with van der Waals surface area (Å²) in [5.41, 5.74) is 22.5. The second kappa shape index (κ2) is 21.4. The topological polar surface area (TPSA) is 45.2 Å². The smallest absolute Gasteiger partial charge is 0.252 e. The Morgan fingerprint density at radius 2 is 0.484 bits per heavy atom. The number of fused-ring (bicyclic) bond motifs is 6. The highest BCUT2D eigenvalue weighted by Gasteiger charge is 2.45. The molecule has 2 aliphatic heterocycles. The molecule has 0 radical (unpaired) electrons. The van der Waals surface area contributed by atoms with Crippen LogP contribution in [0.1, 0.15) is 211 Å². The second-order valence-electron chi connectivity index (χ2n) is 35.0. The van der Waals surface area contributed by atoms with E-state index in [9.17, 15) is 0 Å². The van der Waals surface area contributed by atoms with Gasteiger partial charge in [-0.3, -0.25) is 0 Å². The summed E-state index contributed by atoms with van der Waals surface area (Å²) in [6.45, 7) is 55.8. The standard InChI is InChI=1S/C85H98BN5/c1-78(2,3)58-33-55(34-59(43-58)79(4,5)6)75-87-76(56-35-60(80(7,8)9)44-61(36-56)81(10,11)12)89-77(88-75)57-41-72-74-73(42-57)91(67-49-64(84(19,20)21)46-65(50-67)85(22,23)24)71-40-54-32-28-26-30-52(54)38-69(71)86(74)68-37-51-29-25-27-31-53(51)39-70(68)90(72)66-47-62(82(13,14)15)45-63(48-66)83(16,17)18/h25-50H,1-24H3. The molecule has 9 aromatic carbocycles. The third-order valence-electron chi connectivity index (χ3n) is 19.4. The largest absolute Gasteiger partial charge is 0.311 e. The lowest BCUT2D eigenvalue weighted by molar-refractivity contribution is 0.568. The number of rotatable bonds is 5. The predicted molar refractivity (Wildman–Crippen MR) is 395 cm³/mol. The maximum Gasteiger partial charge on any atom is 0.252 e. The Balaban J connectivity index is 1.29. The predicted octanol–water partition coefficient (Wildman–Crippen LogP) is 21.6. The quantitative estimate of drug-likeness (QED) is 0.161. The van der Waals surface area contributed by atoms with E-state index < -0.39 is 0 Å². The molecule has 0 fully saturated rings. The summed E-state index contributed by atoms with van der Waals surface area (Å²) < 4.78 is 0. The van der Waals surface area contributed by atoms with Gasteiger partial charge in [0.25, 0.3) is 6.71 Å². The molecule has 5 nitrogen and oxygen atoms in total. The summed E-state index contributed by atoms with van der Waals surface area (Å²) in [5, 5.41) is 4.84. The Hall–Kier alpha value is -7.83. The van der Waals surface area contributed by atoms with Gasteiger partial charge in [-0.15, -0.1) is 0 Å². The van der Waals surface area contributed by atoms with Crippen LogP contribution < -0.4 is 26.2 Å². The first kappa shape index (κ1) is 63.3. The first-order valence-corrected chi connectivity index (χ1v) is 33.3. The molecule has 0 spiro atoms. The minimum Gasteiger partial charge on any atom is -0.311 e. The molecule has 0 saturated heterocycles. The van der Waals surface area contributed by atoms with Crippen LogP contribution in [0.2, 0.25) is 0 Å². The molecule has 12 rings (SSSR count). The molecule has 0 N–H and O–H groups in total. The molecule has 0 unspecified atom stereocenters. The van der Waals surface area contributed by atoms with Gasteiger partial charge >= 0.3 is 0 Å². The SMILES string of the molecule is CC(C)(C)c1cc(-c2nc(-c3cc(C(C)(C)C)cc(C(C)(C)C)c3)nc(-c3cc4c5c(c3)N(c3cc(C(C)(C)C)cc(C(C)(C)C)c3)c3cc6ccccc6cc3B5c3cc5ccccc5cc3N4c3cc(C(C)(C)C)cc(C(C)(C)C)c3)n2)cc(C(C)(C)C)c1. The highest BCUT2D eigenvalue weighted by atomic mass is 15.2. The van der Waals surface area contributed by atoms with Gasteiger partial charge in [-0.25, -0.2) is 15.0 Å². The molecule has 0 bridgehead atoms. The highest BCUT2D eigenvalue weighted by Crippen LogP contribution is 2.50. The van der Waals surface area contributed by atoms with Gasteiger partial charge in [0.05, 0.1) is 0 Å². The molecule has 2 aliphatic rings. The van der Waals surface area contributed by atoms with Crippen LogP contribution in [-0.4, -0.2) is 21.7 Å². The monoisotopic (exact) mass is 1200 g/mol. The van der Waals surface area contributed by atoms with Gasteiger partial charge in [-0.2, -0.15) is 0 Å². The molecule has 3 heterocycles. The van der Waals surface area contributed by atoms with Crippen LogP contribution in [-0.2, 0) is 43.3 Å². The Morgan fingerprint density at radius 1 is 0.253 bits per heavy atom. The highest BCUT2D eigenvalue weighted by molar-refractivity contribution is 7.00. The van der Waals surface area contributed by atoms with Crippen molar-refractivity contribution < 1.29 is 0 Å². The van der Waals surface area contributed by atoms with Crippen LogP contribution in [0, 0.1) is 0 Å². The summed E-state index contributed by atoms with van der Waals surface area (Å²) in [4.78, 5) is 22.6. The molecule has 6 heteroatoms. The van der Waals surface area contributed by atoms with E-state index in [2.05, 4.69) is 334 Å². The number of anilines is 6. The number of aromatic nitrogens is 3. The lowest BCUT2D eigenvalue weighted by Gasteiger charge is -2.45. The van der Waals surface area contributed by atoms with Gasteiger partial charge in [0, 0.05) is 50.8 Å². The van der Waals surface area contributed by atoms with E-state index in [1.807, 2.05) is 0 Å². The van der Waals surface area contributed by atoms with Gasteiger partial charge in [0.2, 0.25) is 0 Å². The van der Waals surface area contributed by atoms with E-state index in [0.29, 0.717) is 17.5 Å². The molecule has 0 atom stereocenters. The van der Waals surface area contributed by atoms with E-state index in [-0.39, 0.29) is 50.0 Å². The van der Waals surface area contributed by atoms with Gasteiger partial charge < -0.3 is 9.80 Å². The molecule has 0 saturated carbocycles. The van der Waals surface area contributed by atoms with Crippen LogP contribution in [0.25, 0.3) is 55.7 Å². The summed E-state index contributed by atoms with van der Waals surface area (Å²) in [5.74, 6) is 1.93. The number of benzene rings is 9. The van der Waals surface area contributed by atoms with Crippen molar-refractivity contribution in [2.45, 2.75) is 209 Å². The van der Waals surface area contributed by atoms with Crippen molar-refractivity contribution in [2.24, 2.45) is 0 Å². The zero-order valence-electron chi connectivity index (χ0n) is 59.3. The van der Waals surface area contributed by atoms with Crippen molar-refractivity contribution in [1.29, 1.82) is 0 Å². The van der Waals surface area contributed by atoms with Crippen molar-refractivity contribution in [3.63, 3.8) is 0 Å². The molecule has 1 aromatic heterocycles. The van der Waals surface area contributed by atoms with Crippen molar-refractivity contribution in [1.82, 2.24) is 15.0 Å². The number of hydrogen-bond acceptors (Lipinski definition) is 5. The first-order valence-electron chi connectivity index (χ1n) is 33.3. The zero-order chi connectivity index (χ0) is 65.8. The van der Waals surface area contributed by atoms with E-state index in [1.165, 1.54) is 93.8 Å². The summed E-state index contributed by atoms with van der Waals surface area (Å²) >= 11 is 0. The third-order valence-corrected chi connectivity index (χ3v) is 19.4. The molecule has 466 valence electrons. The molecule has 0 amide bonds. The summed E-state index contributed by atoms with van der Waals surface area (Å²) in [6, 6.07) is 61.7. The maximum atomic E-state index is 5.84. The fourth-order valence-corrected chi connectivity index (χ4v) is 13.3. The van der Waals surface area contributed by atoms with Crippen LogP contribution >= 0.6 is 0 Å². The Bertz CT molecular complexity index is 4150. The lowest BCUT2D eigenvalue weighted by atomic mass is 9.33. The molecule has 10 aromatic rings. The molecular formula is C85H98BN5. The average molecular weight is 1200 g/mol. The van der Waals surface area contributed by atoms with Crippen LogP contribution in [0.4, 0.5) is 34.1 Å². The minimum atomic E-state index is -0.150. The van der Waals surface area contributed by atoms with Crippen molar-refractivity contribution in [3.8, 4) is 34.2 Å². The fourth-order valence-electron chi connectivity index (χ4n) is 13.3. The molecule has 91 heavy (non-hydrogen) atoms. The van der Waals surface area contributed by atoms with Crippen LogP contribution in [0.3, 0.4) is 0 Å². The van der Waals surface area contributed by atoms with Crippen molar-refractivity contribution in [3.05, 3.63) is 202 Å². The van der Waals surface area contributed by atoms with Crippen LogP contribution in [0.15, 0.2) is 158 Å². The Labute approximate surface area is 546 Å². The van der Waals surface area contributed by atoms with E-state index in [0.717, 1.165) is 39.4 Å². The van der Waals surface area contributed by atoms with Gasteiger partial charge in [-0.05, 0) is 199 Å². The normalized spacial score (nSPS) is 14.1. The zero-order valence-corrected chi connectivity index (χ0v) is 59.3. The summed E-state index contributed by atoms with van der Waals surface area (Å²) in [6.07, 6.45) is 0. The fraction of sp³-hybridized carbons (Fsp3) is 0.376. The van der Waals surface area contributed by atoms with E-state index in [4.69, 9.17) is 15.0 Å². The molecule has 0 aliphatic carbocycles. The van der Waals surface area contributed by atoms with Gasteiger partial charge in [0.1, 0.15) is 0 Å². The Morgan fingerprint density at radius 3 is 0.736 bits per heavy atom. The molecular weight excluding hydrogens is 1100 g/mol. The number of nitrogens with zero attached hydrogens (tertiary/aromatic N) is 5. The lowest BCUT2D eigenvalue weighted by Crippen LogP contribution is -2.61. The Kier molecular flexibility index (Phi) is 14.9. The average Bonchev–Trinajstić information content (AvgIpc) is 0.691. The third kappa shape index (κ3) is 12.0. The first-order chi connectivity index (χ1) is 42.1. The minimum absolute atomic E-state index is 0.139. The van der Waals surface area contributed by atoms with E-state index >= 15 is 0 Å². The van der Waals surface area contributed by atoms with Crippen molar-refractivity contribution in [2.75, 3.05) is 9.80 Å². The second-order valence-corrected chi connectivity index (χ2v) is 35.0. The summed E-state index contributed by atoms with van der Waals surface area (Å²) in [7, 11) is 0. The number of hydrogen-bond donors (Lipinski definition) is 0.